The highest BCUT2D eigenvalue weighted by Crippen LogP contribution is 2.35. The summed E-state index contributed by atoms with van der Waals surface area (Å²) in [6.07, 6.45) is 7.75. The van der Waals surface area contributed by atoms with E-state index in [1.165, 1.54) is 25.7 Å². The number of carbonyl (C=O) groups is 1. The molecule has 0 radical (unpaired) electrons. The number of carbonyl (C=O) groups excluding carboxylic acids is 1. The van der Waals surface area contributed by atoms with Gasteiger partial charge in [0.2, 0.25) is 0 Å². The van der Waals surface area contributed by atoms with E-state index in [4.69, 9.17) is 4.74 Å². The Morgan fingerprint density at radius 3 is 2.35 bits per heavy atom. The minimum absolute atomic E-state index is 0.0160. The first kappa shape index (κ1) is 17.5. The maximum absolute atomic E-state index is 12.1. The van der Waals surface area contributed by atoms with E-state index in [0.29, 0.717) is 18.9 Å². The number of likely N-dealkylation sites (tertiary alicyclic amines) is 1. The molecule has 0 aromatic rings. The third-order valence-electron chi connectivity index (χ3n) is 4.89. The number of hydrogen-bond donors (Lipinski definition) is 0. The van der Waals surface area contributed by atoms with E-state index >= 15 is 0 Å². The quantitative estimate of drug-likeness (QED) is 0.630. The molecule has 0 saturated carbocycles. The fourth-order valence-corrected chi connectivity index (χ4v) is 3.45. The van der Waals surface area contributed by atoms with Gasteiger partial charge in [0.05, 0.1) is 13.0 Å². The normalized spacial score (nSPS) is 21.2. The monoisotopic (exact) mass is 283 g/mol. The van der Waals surface area contributed by atoms with Crippen molar-refractivity contribution < 1.29 is 9.53 Å². The Morgan fingerprint density at radius 1 is 1.20 bits per heavy atom. The average Bonchev–Trinajstić information content (AvgIpc) is 2.47. The number of hydrogen-bond acceptors (Lipinski definition) is 3. The summed E-state index contributed by atoms with van der Waals surface area (Å²) >= 11 is 0. The van der Waals surface area contributed by atoms with Gasteiger partial charge in [0.1, 0.15) is 0 Å². The molecular weight excluding hydrogens is 250 g/mol. The van der Waals surface area contributed by atoms with Crippen LogP contribution in [-0.4, -0.2) is 36.1 Å². The van der Waals surface area contributed by atoms with Gasteiger partial charge in [-0.25, -0.2) is 0 Å². The number of rotatable bonds is 8. The first-order valence-electron chi connectivity index (χ1n) is 8.48. The number of piperidine rings is 1. The van der Waals surface area contributed by atoms with Crippen LogP contribution in [0.5, 0.6) is 0 Å². The van der Waals surface area contributed by atoms with Crippen molar-refractivity contribution in [3.63, 3.8) is 0 Å². The standard InChI is InChI=1S/C17H33NO2/c1-5-15(4)13-17(6-2,14-16(19)20-7-3)18-11-9-8-10-12-18/h15H,5-14H2,1-4H3. The van der Waals surface area contributed by atoms with Crippen molar-refractivity contribution in [1.82, 2.24) is 4.90 Å². The van der Waals surface area contributed by atoms with Crippen molar-refractivity contribution in [3.8, 4) is 0 Å². The summed E-state index contributed by atoms with van der Waals surface area (Å²) in [7, 11) is 0. The van der Waals surface area contributed by atoms with Crippen LogP contribution in [0.4, 0.5) is 0 Å². The van der Waals surface area contributed by atoms with Gasteiger partial charge in [0.15, 0.2) is 0 Å². The summed E-state index contributed by atoms with van der Waals surface area (Å²) in [4.78, 5) is 14.7. The molecule has 1 heterocycles. The average molecular weight is 283 g/mol. The summed E-state index contributed by atoms with van der Waals surface area (Å²) in [5.74, 6) is 0.634. The SMILES string of the molecule is CCOC(=O)CC(CC)(CC(C)CC)N1CCCCC1. The van der Waals surface area contributed by atoms with Gasteiger partial charge in [0.25, 0.3) is 0 Å². The van der Waals surface area contributed by atoms with Crippen LogP contribution in [0.15, 0.2) is 0 Å². The zero-order chi connectivity index (χ0) is 15.0. The van der Waals surface area contributed by atoms with E-state index in [1.54, 1.807) is 0 Å². The van der Waals surface area contributed by atoms with Gasteiger partial charge in [-0.1, -0.05) is 33.6 Å². The molecule has 1 rings (SSSR count). The fourth-order valence-electron chi connectivity index (χ4n) is 3.45. The third-order valence-corrected chi connectivity index (χ3v) is 4.89. The number of esters is 1. The Kier molecular flexibility index (Phi) is 7.57. The van der Waals surface area contributed by atoms with Crippen molar-refractivity contribution in [2.45, 2.75) is 78.2 Å². The Morgan fingerprint density at radius 2 is 1.85 bits per heavy atom. The maximum Gasteiger partial charge on any atom is 0.307 e. The molecule has 1 aliphatic rings. The van der Waals surface area contributed by atoms with Crippen LogP contribution in [0.1, 0.15) is 72.6 Å². The Labute approximate surface area is 125 Å². The maximum atomic E-state index is 12.1. The highest BCUT2D eigenvalue weighted by molar-refractivity contribution is 5.71. The summed E-state index contributed by atoms with van der Waals surface area (Å²) in [6, 6.07) is 0. The summed E-state index contributed by atoms with van der Waals surface area (Å²) in [5.41, 5.74) is 0.0160. The minimum Gasteiger partial charge on any atom is -0.466 e. The van der Waals surface area contributed by atoms with Crippen LogP contribution in [0, 0.1) is 5.92 Å². The minimum atomic E-state index is -0.0248. The van der Waals surface area contributed by atoms with E-state index in [9.17, 15) is 4.79 Å². The van der Waals surface area contributed by atoms with Crippen LogP contribution in [0.2, 0.25) is 0 Å². The molecule has 0 spiro atoms. The predicted octanol–water partition coefficient (Wildman–Crippen LogP) is 4.01. The van der Waals surface area contributed by atoms with Crippen molar-refractivity contribution in [2.24, 2.45) is 5.92 Å². The van der Waals surface area contributed by atoms with Gasteiger partial charge >= 0.3 is 5.97 Å². The third kappa shape index (κ3) is 4.76. The molecule has 2 atom stereocenters. The lowest BCUT2D eigenvalue weighted by Gasteiger charge is -2.46. The molecule has 0 amide bonds. The van der Waals surface area contributed by atoms with E-state index in [2.05, 4.69) is 25.7 Å². The largest absolute Gasteiger partial charge is 0.466 e. The highest BCUT2D eigenvalue weighted by Gasteiger charge is 2.39. The fraction of sp³-hybridized carbons (Fsp3) is 0.941. The van der Waals surface area contributed by atoms with Crippen molar-refractivity contribution in [3.05, 3.63) is 0 Å². The molecule has 3 heteroatoms. The summed E-state index contributed by atoms with van der Waals surface area (Å²) in [5, 5.41) is 0. The molecule has 0 aromatic carbocycles. The first-order valence-corrected chi connectivity index (χ1v) is 8.48. The molecule has 0 N–H and O–H groups in total. The van der Waals surface area contributed by atoms with E-state index in [-0.39, 0.29) is 11.5 Å². The Hall–Kier alpha value is -0.570. The molecule has 3 nitrogen and oxygen atoms in total. The van der Waals surface area contributed by atoms with Crippen LogP contribution in [0.3, 0.4) is 0 Å². The van der Waals surface area contributed by atoms with Gasteiger partial charge in [-0.05, 0) is 51.6 Å². The molecule has 1 saturated heterocycles. The van der Waals surface area contributed by atoms with Crippen molar-refractivity contribution in [1.29, 1.82) is 0 Å². The number of ether oxygens (including phenoxy) is 1. The molecule has 20 heavy (non-hydrogen) atoms. The lowest BCUT2D eigenvalue weighted by molar-refractivity contribution is -0.147. The van der Waals surface area contributed by atoms with Gasteiger partial charge in [-0.2, -0.15) is 0 Å². The van der Waals surface area contributed by atoms with Gasteiger partial charge in [-0.3, -0.25) is 9.69 Å². The lowest BCUT2D eigenvalue weighted by atomic mass is 9.79. The molecule has 0 aliphatic carbocycles. The van der Waals surface area contributed by atoms with Gasteiger partial charge < -0.3 is 4.74 Å². The van der Waals surface area contributed by atoms with E-state index < -0.39 is 0 Å². The molecule has 2 unspecified atom stereocenters. The second-order valence-electron chi connectivity index (χ2n) is 6.32. The smallest absolute Gasteiger partial charge is 0.307 e. The molecule has 1 fully saturated rings. The molecule has 0 aromatic heterocycles. The second-order valence-corrected chi connectivity index (χ2v) is 6.32. The first-order chi connectivity index (χ1) is 9.57. The zero-order valence-corrected chi connectivity index (χ0v) is 13.9. The van der Waals surface area contributed by atoms with Crippen LogP contribution in [0.25, 0.3) is 0 Å². The molecule has 118 valence electrons. The van der Waals surface area contributed by atoms with Crippen LogP contribution < -0.4 is 0 Å². The van der Waals surface area contributed by atoms with Crippen LogP contribution >= 0.6 is 0 Å². The Bertz CT molecular complexity index is 287. The molecule has 1 aliphatic heterocycles. The van der Waals surface area contributed by atoms with Gasteiger partial charge in [0, 0.05) is 5.54 Å². The van der Waals surface area contributed by atoms with E-state index in [1.807, 2.05) is 6.92 Å². The van der Waals surface area contributed by atoms with E-state index in [0.717, 1.165) is 25.9 Å². The lowest BCUT2D eigenvalue weighted by Crippen LogP contribution is -2.53. The number of nitrogens with zero attached hydrogens (tertiary/aromatic N) is 1. The summed E-state index contributed by atoms with van der Waals surface area (Å²) < 4.78 is 5.24. The highest BCUT2D eigenvalue weighted by atomic mass is 16.5. The van der Waals surface area contributed by atoms with Gasteiger partial charge in [-0.15, -0.1) is 0 Å². The Balaban J connectivity index is 2.85. The predicted molar refractivity (Wildman–Crippen MR) is 83.8 cm³/mol. The topological polar surface area (TPSA) is 29.5 Å². The molecule has 0 bridgehead atoms. The molecular formula is C17H33NO2. The van der Waals surface area contributed by atoms with Crippen LogP contribution in [-0.2, 0) is 9.53 Å². The summed E-state index contributed by atoms with van der Waals surface area (Å²) in [6.45, 7) is 11.4. The van der Waals surface area contributed by atoms with Crippen molar-refractivity contribution in [2.75, 3.05) is 19.7 Å². The zero-order valence-electron chi connectivity index (χ0n) is 13.9. The second kappa shape index (κ2) is 8.66. The van der Waals surface area contributed by atoms with Crippen molar-refractivity contribution >= 4 is 5.97 Å².